The van der Waals surface area contributed by atoms with E-state index < -0.39 is 0 Å². The topological polar surface area (TPSA) is 44.4 Å². The molecule has 1 atom stereocenters. The third kappa shape index (κ3) is 3.21. The summed E-state index contributed by atoms with van der Waals surface area (Å²) in [5.74, 6) is 0.147. The summed E-state index contributed by atoms with van der Waals surface area (Å²) in [6, 6.07) is 9.01. The molecule has 2 aliphatic heterocycles. The summed E-state index contributed by atoms with van der Waals surface area (Å²) in [4.78, 5) is 14.9. The summed E-state index contributed by atoms with van der Waals surface area (Å²) in [6.07, 6.45) is 2.92. The summed E-state index contributed by atoms with van der Waals surface area (Å²) in [7, 11) is 0. The molecule has 1 unspecified atom stereocenters. The lowest BCUT2D eigenvalue weighted by Crippen LogP contribution is -2.49. The predicted octanol–water partition coefficient (Wildman–Crippen LogP) is 2.01. The Kier molecular flexibility index (Phi) is 4.15. The highest BCUT2D eigenvalue weighted by molar-refractivity contribution is 5.87. The van der Waals surface area contributed by atoms with Gasteiger partial charge in [-0.25, -0.2) is 0 Å². The van der Waals surface area contributed by atoms with Crippen molar-refractivity contribution in [2.24, 2.45) is 0 Å². The number of anilines is 1. The van der Waals surface area contributed by atoms with Crippen molar-refractivity contribution < 1.29 is 4.79 Å². The fraction of sp³-hybridized carbons (Fsp3) is 0.588. The molecule has 2 N–H and O–H groups in total. The van der Waals surface area contributed by atoms with Crippen LogP contribution in [0.3, 0.4) is 0 Å². The first kappa shape index (κ1) is 14.4. The number of hydrogen-bond donors (Lipinski definition) is 2. The van der Waals surface area contributed by atoms with E-state index in [0.717, 1.165) is 38.0 Å². The van der Waals surface area contributed by atoms with Crippen molar-refractivity contribution >= 4 is 11.6 Å². The van der Waals surface area contributed by atoms with Gasteiger partial charge >= 0.3 is 0 Å². The minimum atomic E-state index is -0.106. The summed E-state index contributed by atoms with van der Waals surface area (Å²) in [5, 5.41) is 6.56. The Balaban J connectivity index is 1.50. The zero-order valence-electron chi connectivity index (χ0n) is 12.9. The first-order chi connectivity index (χ1) is 10.1. The molecular weight excluding hydrogens is 262 g/mol. The first-order valence-corrected chi connectivity index (χ1v) is 8.02. The maximum absolute atomic E-state index is 12.4. The molecule has 0 spiro atoms. The van der Waals surface area contributed by atoms with E-state index in [0.29, 0.717) is 12.1 Å². The zero-order valence-corrected chi connectivity index (χ0v) is 12.9. The van der Waals surface area contributed by atoms with Crippen LogP contribution in [0, 0.1) is 0 Å². The predicted molar refractivity (Wildman–Crippen MR) is 85.4 cm³/mol. The van der Waals surface area contributed by atoms with Gasteiger partial charge in [0.25, 0.3) is 0 Å². The fourth-order valence-electron chi connectivity index (χ4n) is 3.32. The number of likely N-dealkylation sites (tertiary alicyclic amines) is 1. The van der Waals surface area contributed by atoms with Crippen LogP contribution in [-0.4, -0.2) is 42.0 Å². The molecule has 1 aromatic rings. The third-order valence-electron chi connectivity index (χ3n) is 4.69. The number of carbonyl (C=O) groups is 1. The van der Waals surface area contributed by atoms with Crippen LogP contribution in [0.25, 0.3) is 0 Å². The molecule has 1 saturated heterocycles. The van der Waals surface area contributed by atoms with E-state index >= 15 is 0 Å². The summed E-state index contributed by atoms with van der Waals surface area (Å²) < 4.78 is 0. The second-order valence-corrected chi connectivity index (χ2v) is 6.47. The van der Waals surface area contributed by atoms with Crippen molar-refractivity contribution in [3.05, 3.63) is 29.8 Å². The summed E-state index contributed by atoms with van der Waals surface area (Å²) in [6.45, 7) is 6.64. The average Bonchev–Trinajstić information content (AvgIpc) is 2.92. The van der Waals surface area contributed by atoms with Crippen LogP contribution in [-0.2, 0) is 11.2 Å². The van der Waals surface area contributed by atoms with Crippen LogP contribution in [0.2, 0.25) is 0 Å². The van der Waals surface area contributed by atoms with Gasteiger partial charge in [0.05, 0.1) is 0 Å². The largest absolute Gasteiger partial charge is 0.373 e. The number of rotatable bonds is 3. The number of fused-ring (bicyclic) bond motifs is 1. The molecule has 3 rings (SSSR count). The van der Waals surface area contributed by atoms with Gasteiger partial charge in [-0.3, -0.25) is 4.79 Å². The zero-order chi connectivity index (χ0) is 14.8. The highest BCUT2D eigenvalue weighted by atomic mass is 16.2. The lowest BCUT2D eigenvalue weighted by atomic mass is 10.0. The Labute approximate surface area is 126 Å². The first-order valence-electron chi connectivity index (χ1n) is 8.02. The fourth-order valence-corrected chi connectivity index (χ4v) is 3.32. The molecule has 2 heterocycles. The molecule has 4 nitrogen and oxygen atoms in total. The molecule has 1 amide bonds. The minimum Gasteiger partial charge on any atom is -0.373 e. The van der Waals surface area contributed by atoms with Gasteiger partial charge in [-0.1, -0.05) is 18.2 Å². The number of benzene rings is 1. The monoisotopic (exact) mass is 287 g/mol. The second kappa shape index (κ2) is 6.06. The second-order valence-electron chi connectivity index (χ2n) is 6.47. The van der Waals surface area contributed by atoms with Crippen LogP contribution in [0.1, 0.15) is 32.3 Å². The standard InChI is InChI=1S/C17H25N3O/c1-12(2)20-9-7-14(8-10-20)18-17(21)16-11-13-5-3-4-6-15(13)19-16/h3-6,12,14,16,19H,7-11H2,1-2H3,(H,18,21). The number of piperidine rings is 1. The minimum absolute atomic E-state index is 0.106. The molecule has 1 aromatic carbocycles. The molecule has 0 aliphatic carbocycles. The molecule has 4 heteroatoms. The Morgan fingerprint density at radius 1 is 1.29 bits per heavy atom. The molecule has 0 radical (unpaired) electrons. The molecule has 0 bridgehead atoms. The van der Waals surface area contributed by atoms with Crippen LogP contribution >= 0.6 is 0 Å². The van der Waals surface area contributed by atoms with Gasteiger partial charge in [0.1, 0.15) is 6.04 Å². The molecule has 2 aliphatic rings. The number of nitrogens with zero attached hydrogens (tertiary/aromatic N) is 1. The van der Waals surface area contributed by atoms with Crippen LogP contribution in [0.4, 0.5) is 5.69 Å². The molecule has 0 aromatic heterocycles. The van der Waals surface area contributed by atoms with Crippen molar-refractivity contribution in [3.63, 3.8) is 0 Å². The van der Waals surface area contributed by atoms with Crippen LogP contribution in [0.5, 0.6) is 0 Å². The average molecular weight is 287 g/mol. The number of para-hydroxylation sites is 1. The Hall–Kier alpha value is -1.55. The van der Waals surface area contributed by atoms with Crippen molar-refractivity contribution in [1.82, 2.24) is 10.2 Å². The van der Waals surface area contributed by atoms with E-state index in [1.54, 1.807) is 0 Å². The third-order valence-corrected chi connectivity index (χ3v) is 4.69. The van der Waals surface area contributed by atoms with E-state index in [1.165, 1.54) is 5.56 Å². The van der Waals surface area contributed by atoms with Crippen molar-refractivity contribution in [1.29, 1.82) is 0 Å². The molecular formula is C17H25N3O. The molecule has 1 fully saturated rings. The van der Waals surface area contributed by atoms with Gasteiger partial charge in [0, 0.05) is 37.3 Å². The van der Waals surface area contributed by atoms with E-state index in [-0.39, 0.29) is 11.9 Å². The lowest BCUT2D eigenvalue weighted by Gasteiger charge is -2.35. The van der Waals surface area contributed by atoms with Crippen LogP contribution < -0.4 is 10.6 Å². The van der Waals surface area contributed by atoms with Gasteiger partial charge in [-0.05, 0) is 38.3 Å². The van der Waals surface area contributed by atoms with E-state index in [4.69, 9.17) is 0 Å². The summed E-state index contributed by atoms with van der Waals surface area (Å²) in [5.41, 5.74) is 2.35. The molecule has 21 heavy (non-hydrogen) atoms. The van der Waals surface area contributed by atoms with Gasteiger partial charge in [-0.2, -0.15) is 0 Å². The van der Waals surface area contributed by atoms with Gasteiger partial charge in [-0.15, -0.1) is 0 Å². The van der Waals surface area contributed by atoms with Gasteiger partial charge in [0.15, 0.2) is 0 Å². The normalized spacial score (nSPS) is 22.9. The number of nitrogens with one attached hydrogen (secondary N) is 2. The highest BCUT2D eigenvalue weighted by Gasteiger charge is 2.29. The van der Waals surface area contributed by atoms with E-state index in [2.05, 4.69) is 35.4 Å². The Morgan fingerprint density at radius 2 is 2.00 bits per heavy atom. The molecule has 0 saturated carbocycles. The summed E-state index contributed by atoms with van der Waals surface area (Å²) >= 11 is 0. The highest BCUT2D eigenvalue weighted by Crippen LogP contribution is 2.25. The SMILES string of the molecule is CC(C)N1CCC(NC(=O)C2Cc3ccccc3N2)CC1. The van der Waals surface area contributed by atoms with Crippen molar-refractivity contribution in [2.45, 2.75) is 51.2 Å². The Morgan fingerprint density at radius 3 is 2.67 bits per heavy atom. The number of carbonyl (C=O) groups excluding carboxylic acids is 1. The smallest absolute Gasteiger partial charge is 0.243 e. The van der Waals surface area contributed by atoms with E-state index in [9.17, 15) is 4.79 Å². The Bertz CT molecular complexity index is 482. The van der Waals surface area contributed by atoms with Gasteiger partial charge < -0.3 is 15.5 Å². The molecule has 114 valence electrons. The maximum atomic E-state index is 12.4. The van der Waals surface area contributed by atoms with Gasteiger partial charge in [0.2, 0.25) is 5.91 Å². The maximum Gasteiger partial charge on any atom is 0.243 e. The van der Waals surface area contributed by atoms with Crippen molar-refractivity contribution in [2.75, 3.05) is 18.4 Å². The number of hydrogen-bond acceptors (Lipinski definition) is 3. The van der Waals surface area contributed by atoms with Crippen molar-refractivity contribution in [3.8, 4) is 0 Å². The van der Waals surface area contributed by atoms with Crippen LogP contribution in [0.15, 0.2) is 24.3 Å². The lowest BCUT2D eigenvalue weighted by molar-refractivity contribution is -0.122. The quantitative estimate of drug-likeness (QED) is 0.894. The number of amides is 1. The van der Waals surface area contributed by atoms with E-state index in [1.807, 2.05) is 18.2 Å².